The van der Waals surface area contributed by atoms with Crippen molar-refractivity contribution in [3.63, 3.8) is 0 Å². The van der Waals surface area contributed by atoms with Gasteiger partial charge in [0.05, 0.1) is 0 Å². The Bertz CT molecular complexity index is 129. The third-order valence-electron chi connectivity index (χ3n) is 0.691. The highest BCUT2D eigenvalue weighted by Crippen LogP contribution is 2.25. The second-order valence-corrected chi connectivity index (χ2v) is 2.90. The molecule has 5 heteroatoms. The van der Waals surface area contributed by atoms with E-state index in [-0.39, 0.29) is 0 Å². The van der Waals surface area contributed by atoms with Crippen LogP contribution in [-0.2, 0) is 4.57 Å². The van der Waals surface area contributed by atoms with Gasteiger partial charge in [0.15, 0.2) is 0 Å². The average Bonchev–Trinajstić information content (AvgIpc) is 1.79. The number of hydrogen-bond acceptors (Lipinski definition) is 1. The third-order valence-corrected chi connectivity index (χ3v) is 0.691. The van der Waals surface area contributed by atoms with Crippen molar-refractivity contribution in [3.8, 4) is 0 Å². The van der Waals surface area contributed by atoms with Gasteiger partial charge >= 0.3 is 7.82 Å². The van der Waals surface area contributed by atoms with Gasteiger partial charge in [-0.2, -0.15) is 0 Å². The predicted octanol–water partition coefficient (Wildman–Crippen LogP) is 1.43. The molecule has 0 radical (unpaired) electrons. The lowest BCUT2D eigenvalue weighted by atomic mass is 10.3. The molecule has 0 aromatic heterocycles. The minimum absolute atomic E-state index is 1.23. The van der Waals surface area contributed by atoms with Crippen LogP contribution < -0.4 is 0 Å². The summed E-state index contributed by atoms with van der Waals surface area (Å²) in [6.07, 6.45) is 6.77. The van der Waals surface area contributed by atoms with Gasteiger partial charge in [0.25, 0.3) is 0 Å². The molecule has 0 saturated heterocycles. The molecule has 68 valence electrons. The lowest BCUT2D eigenvalue weighted by molar-refractivity contribution is 0.275. The molecule has 0 spiro atoms. The summed E-state index contributed by atoms with van der Waals surface area (Å²) in [5.74, 6) is 0. The summed E-state index contributed by atoms with van der Waals surface area (Å²) in [7, 11) is -4.64. The number of hydrogen-bond donors (Lipinski definition) is 3. The Morgan fingerprint density at radius 3 is 1.82 bits per heavy atom. The summed E-state index contributed by atoms with van der Waals surface area (Å²) in [6, 6.07) is 0. The minimum Gasteiger partial charge on any atom is -0.303 e. The van der Waals surface area contributed by atoms with Gasteiger partial charge in [-0.25, -0.2) is 4.57 Å². The predicted molar refractivity (Wildman–Crippen MR) is 44.0 cm³/mol. The van der Waals surface area contributed by atoms with Gasteiger partial charge in [-0.1, -0.05) is 25.5 Å². The van der Waals surface area contributed by atoms with Crippen molar-refractivity contribution < 1.29 is 19.2 Å². The van der Waals surface area contributed by atoms with Gasteiger partial charge in [-0.15, -0.1) is 0 Å². The molecule has 0 aromatic rings. The Kier molecular flexibility index (Phi) is 9.72. The molecule has 0 atom stereocenters. The van der Waals surface area contributed by atoms with Gasteiger partial charge in [0.1, 0.15) is 0 Å². The molecule has 0 heterocycles. The number of rotatable bonds is 2. The van der Waals surface area contributed by atoms with E-state index in [0.717, 1.165) is 0 Å². The Morgan fingerprint density at radius 1 is 1.36 bits per heavy atom. The molecule has 0 saturated carbocycles. The van der Waals surface area contributed by atoms with Crippen LogP contribution in [0, 0.1) is 0 Å². The zero-order valence-electron chi connectivity index (χ0n) is 6.77. The van der Waals surface area contributed by atoms with E-state index in [1.54, 1.807) is 0 Å². The SMILES string of the molecule is CC=CCCC.O=P(O)(O)O. The molecule has 0 aromatic carbocycles. The number of allylic oxidation sites excluding steroid dienone is 2. The highest BCUT2D eigenvalue weighted by atomic mass is 31.2. The molecule has 0 aliphatic heterocycles. The summed E-state index contributed by atoms with van der Waals surface area (Å²) in [4.78, 5) is 21.6. The van der Waals surface area contributed by atoms with Crippen molar-refractivity contribution in [2.24, 2.45) is 0 Å². The van der Waals surface area contributed by atoms with Crippen LogP contribution in [0.2, 0.25) is 0 Å². The monoisotopic (exact) mass is 182 g/mol. The Hall–Kier alpha value is -0.150. The standard InChI is InChI=1S/C6H12.H3O4P/c1-3-5-6-4-2;1-5(2,3)4/h3,5H,4,6H2,1-2H3;(H3,1,2,3,4). The van der Waals surface area contributed by atoms with E-state index in [1.165, 1.54) is 12.8 Å². The van der Waals surface area contributed by atoms with Gasteiger partial charge in [0.2, 0.25) is 0 Å². The molecule has 0 unspecified atom stereocenters. The van der Waals surface area contributed by atoms with Crippen molar-refractivity contribution in [3.05, 3.63) is 12.2 Å². The van der Waals surface area contributed by atoms with Crippen molar-refractivity contribution in [2.45, 2.75) is 26.7 Å². The first kappa shape index (κ1) is 13.4. The second-order valence-electron chi connectivity index (χ2n) is 1.87. The maximum Gasteiger partial charge on any atom is 0.466 e. The third kappa shape index (κ3) is 74.7. The molecule has 0 aliphatic carbocycles. The number of unbranched alkanes of at least 4 members (excludes halogenated alkanes) is 1. The first-order valence-electron chi connectivity index (χ1n) is 3.31. The van der Waals surface area contributed by atoms with Gasteiger partial charge in [-0.3, -0.25) is 0 Å². The first-order chi connectivity index (χ1) is 4.91. The van der Waals surface area contributed by atoms with Crippen LogP contribution in [0.15, 0.2) is 12.2 Å². The van der Waals surface area contributed by atoms with Crippen LogP contribution in [0.25, 0.3) is 0 Å². The summed E-state index contributed by atoms with van der Waals surface area (Å²) < 4.78 is 8.88. The van der Waals surface area contributed by atoms with Gasteiger partial charge in [0, 0.05) is 0 Å². The van der Waals surface area contributed by atoms with E-state index < -0.39 is 7.82 Å². The van der Waals surface area contributed by atoms with Crippen molar-refractivity contribution in [2.75, 3.05) is 0 Å². The Balaban J connectivity index is 0. The lowest BCUT2D eigenvalue weighted by Crippen LogP contribution is -1.66. The van der Waals surface area contributed by atoms with Crippen LogP contribution in [0.5, 0.6) is 0 Å². The highest BCUT2D eigenvalue weighted by molar-refractivity contribution is 7.45. The molecule has 3 N–H and O–H groups in total. The quantitative estimate of drug-likeness (QED) is 0.446. The topological polar surface area (TPSA) is 77.8 Å². The zero-order valence-corrected chi connectivity index (χ0v) is 7.66. The van der Waals surface area contributed by atoms with E-state index >= 15 is 0 Å². The minimum atomic E-state index is -4.64. The summed E-state index contributed by atoms with van der Waals surface area (Å²) in [5, 5.41) is 0. The van der Waals surface area contributed by atoms with E-state index in [2.05, 4.69) is 26.0 Å². The number of phosphoric acid groups is 1. The fourth-order valence-electron chi connectivity index (χ4n) is 0.333. The largest absolute Gasteiger partial charge is 0.466 e. The van der Waals surface area contributed by atoms with E-state index in [0.29, 0.717) is 0 Å². The van der Waals surface area contributed by atoms with Crippen LogP contribution in [0.4, 0.5) is 0 Å². The van der Waals surface area contributed by atoms with Crippen LogP contribution >= 0.6 is 7.82 Å². The molecule has 0 aliphatic rings. The van der Waals surface area contributed by atoms with Crippen molar-refractivity contribution in [1.29, 1.82) is 0 Å². The first-order valence-corrected chi connectivity index (χ1v) is 4.87. The molecule has 11 heavy (non-hydrogen) atoms. The summed E-state index contributed by atoms with van der Waals surface area (Å²) in [5.41, 5.74) is 0. The maximum absolute atomic E-state index is 8.88. The highest BCUT2D eigenvalue weighted by Gasteiger charge is 2.00. The second kappa shape index (κ2) is 7.95. The fraction of sp³-hybridized carbons (Fsp3) is 0.667. The molecule has 4 nitrogen and oxygen atoms in total. The molecular weight excluding hydrogens is 167 g/mol. The van der Waals surface area contributed by atoms with Crippen molar-refractivity contribution >= 4 is 7.82 Å². The van der Waals surface area contributed by atoms with E-state index in [9.17, 15) is 0 Å². The van der Waals surface area contributed by atoms with Gasteiger partial charge in [-0.05, 0) is 13.3 Å². The van der Waals surface area contributed by atoms with Crippen LogP contribution in [0.1, 0.15) is 26.7 Å². The fourth-order valence-corrected chi connectivity index (χ4v) is 0.333. The Morgan fingerprint density at radius 2 is 1.73 bits per heavy atom. The van der Waals surface area contributed by atoms with Crippen LogP contribution in [0.3, 0.4) is 0 Å². The van der Waals surface area contributed by atoms with Gasteiger partial charge < -0.3 is 14.7 Å². The van der Waals surface area contributed by atoms with E-state index in [1.807, 2.05) is 0 Å². The molecule has 0 rings (SSSR count). The molecular formula is C6H15O4P. The molecule has 0 fully saturated rings. The average molecular weight is 182 g/mol. The summed E-state index contributed by atoms with van der Waals surface area (Å²) in [6.45, 7) is 4.23. The zero-order chi connectivity index (χ0) is 9.33. The summed E-state index contributed by atoms with van der Waals surface area (Å²) >= 11 is 0. The molecule has 0 bridgehead atoms. The normalized spacial score (nSPS) is 11.0. The van der Waals surface area contributed by atoms with Crippen LogP contribution in [-0.4, -0.2) is 14.7 Å². The molecule has 0 amide bonds. The van der Waals surface area contributed by atoms with E-state index in [4.69, 9.17) is 19.2 Å². The Labute approximate surface area is 66.8 Å². The lowest BCUT2D eigenvalue weighted by Gasteiger charge is -1.82. The van der Waals surface area contributed by atoms with Crippen molar-refractivity contribution in [1.82, 2.24) is 0 Å². The maximum atomic E-state index is 8.88. The smallest absolute Gasteiger partial charge is 0.303 e.